The van der Waals surface area contributed by atoms with E-state index in [0.29, 0.717) is 0 Å². The summed E-state index contributed by atoms with van der Waals surface area (Å²) in [5.74, 6) is -0.590. The van der Waals surface area contributed by atoms with Gasteiger partial charge < -0.3 is 10.1 Å². The van der Waals surface area contributed by atoms with E-state index >= 15 is 0 Å². The minimum absolute atomic E-state index is 0.189. The summed E-state index contributed by atoms with van der Waals surface area (Å²) in [7, 11) is 0. The lowest BCUT2D eigenvalue weighted by atomic mass is 9.82. The van der Waals surface area contributed by atoms with Crippen molar-refractivity contribution < 1.29 is 14.3 Å². The van der Waals surface area contributed by atoms with E-state index < -0.39 is 12.1 Å². The number of esters is 1. The SMILES string of the molecule is CCCC1(C)NC(=O)[C@@H]1OC(C)=O. The maximum absolute atomic E-state index is 11.1. The maximum Gasteiger partial charge on any atom is 0.303 e. The summed E-state index contributed by atoms with van der Waals surface area (Å²) < 4.78 is 4.92. The van der Waals surface area contributed by atoms with E-state index in [2.05, 4.69) is 5.32 Å². The van der Waals surface area contributed by atoms with Crippen LogP contribution in [0, 0.1) is 0 Å². The van der Waals surface area contributed by atoms with Crippen LogP contribution in [0.4, 0.5) is 0 Å². The first kappa shape index (κ1) is 10.0. The van der Waals surface area contributed by atoms with Crippen LogP contribution >= 0.6 is 0 Å². The molecule has 1 unspecified atom stereocenters. The zero-order valence-electron chi connectivity index (χ0n) is 8.22. The summed E-state index contributed by atoms with van der Waals surface area (Å²) in [5, 5.41) is 2.76. The molecule has 4 heteroatoms. The smallest absolute Gasteiger partial charge is 0.303 e. The number of nitrogens with one attached hydrogen (secondary N) is 1. The number of hydrogen-bond acceptors (Lipinski definition) is 3. The Bertz CT molecular complexity index is 239. The molecule has 1 saturated heterocycles. The molecule has 1 amide bonds. The number of carbonyl (C=O) groups excluding carboxylic acids is 2. The molecule has 0 aromatic carbocycles. The topological polar surface area (TPSA) is 55.4 Å². The first-order valence-electron chi connectivity index (χ1n) is 4.49. The van der Waals surface area contributed by atoms with Gasteiger partial charge in [0.05, 0.1) is 5.54 Å². The summed E-state index contributed by atoms with van der Waals surface area (Å²) in [4.78, 5) is 21.8. The molecule has 1 heterocycles. The van der Waals surface area contributed by atoms with Gasteiger partial charge in [0.15, 0.2) is 0 Å². The standard InChI is InChI=1S/C9H15NO3/c1-4-5-9(3)7(8(12)10-9)13-6(2)11/h7H,4-5H2,1-3H3,(H,10,12)/t7-,9?/m0/s1. The molecule has 0 aromatic rings. The van der Waals surface area contributed by atoms with E-state index in [9.17, 15) is 9.59 Å². The molecule has 1 aliphatic rings. The highest BCUT2D eigenvalue weighted by atomic mass is 16.6. The largest absolute Gasteiger partial charge is 0.450 e. The molecule has 2 atom stereocenters. The van der Waals surface area contributed by atoms with E-state index in [1.807, 2.05) is 13.8 Å². The van der Waals surface area contributed by atoms with Crippen LogP contribution in [-0.2, 0) is 14.3 Å². The highest BCUT2D eigenvalue weighted by molar-refractivity contribution is 5.91. The van der Waals surface area contributed by atoms with Crippen LogP contribution in [0.25, 0.3) is 0 Å². The highest BCUT2D eigenvalue weighted by Gasteiger charge is 2.51. The number of rotatable bonds is 3. The molecule has 0 spiro atoms. The van der Waals surface area contributed by atoms with E-state index in [-0.39, 0.29) is 11.4 Å². The third-order valence-corrected chi connectivity index (χ3v) is 2.28. The van der Waals surface area contributed by atoms with Gasteiger partial charge in [-0.1, -0.05) is 13.3 Å². The van der Waals surface area contributed by atoms with Gasteiger partial charge in [0.1, 0.15) is 0 Å². The molecular formula is C9H15NO3. The van der Waals surface area contributed by atoms with Gasteiger partial charge in [-0.05, 0) is 13.3 Å². The van der Waals surface area contributed by atoms with E-state index in [1.54, 1.807) is 0 Å². The first-order chi connectivity index (χ1) is 5.99. The van der Waals surface area contributed by atoms with Crippen LogP contribution in [0.3, 0.4) is 0 Å². The molecule has 1 rings (SSSR count). The van der Waals surface area contributed by atoms with Gasteiger partial charge in [-0.3, -0.25) is 9.59 Å². The van der Waals surface area contributed by atoms with Gasteiger partial charge in [-0.2, -0.15) is 0 Å². The van der Waals surface area contributed by atoms with Crippen LogP contribution in [0.15, 0.2) is 0 Å². The van der Waals surface area contributed by atoms with Crippen LogP contribution in [0.5, 0.6) is 0 Å². The zero-order chi connectivity index (χ0) is 10.1. The number of amides is 1. The summed E-state index contributed by atoms with van der Waals surface area (Å²) >= 11 is 0. The Hall–Kier alpha value is -1.06. The lowest BCUT2D eigenvalue weighted by Crippen LogP contribution is -2.72. The summed E-state index contributed by atoms with van der Waals surface area (Å²) in [6.45, 7) is 5.24. The van der Waals surface area contributed by atoms with Crippen LogP contribution in [0.2, 0.25) is 0 Å². The van der Waals surface area contributed by atoms with Crippen molar-refractivity contribution in [2.75, 3.05) is 0 Å². The molecular weight excluding hydrogens is 170 g/mol. The number of carbonyl (C=O) groups is 2. The maximum atomic E-state index is 11.1. The Morgan fingerprint density at radius 3 is 2.69 bits per heavy atom. The summed E-state index contributed by atoms with van der Waals surface area (Å²) in [6.07, 6.45) is 1.19. The summed E-state index contributed by atoms with van der Waals surface area (Å²) in [6, 6.07) is 0. The van der Waals surface area contributed by atoms with Crippen molar-refractivity contribution >= 4 is 11.9 Å². The van der Waals surface area contributed by atoms with Crippen molar-refractivity contribution in [1.82, 2.24) is 5.32 Å². The summed E-state index contributed by atoms with van der Waals surface area (Å²) in [5.41, 5.74) is -0.350. The Morgan fingerprint density at radius 2 is 2.31 bits per heavy atom. The fourth-order valence-corrected chi connectivity index (χ4v) is 1.69. The molecule has 13 heavy (non-hydrogen) atoms. The average molecular weight is 185 g/mol. The van der Waals surface area contributed by atoms with Crippen molar-refractivity contribution in [1.29, 1.82) is 0 Å². The van der Waals surface area contributed by atoms with Gasteiger partial charge in [0, 0.05) is 6.92 Å². The van der Waals surface area contributed by atoms with Crippen molar-refractivity contribution in [3.8, 4) is 0 Å². The van der Waals surface area contributed by atoms with Crippen LogP contribution in [-0.4, -0.2) is 23.5 Å². The van der Waals surface area contributed by atoms with Crippen LogP contribution < -0.4 is 5.32 Å². The molecule has 0 radical (unpaired) electrons. The minimum Gasteiger partial charge on any atom is -0.450 e. The monoisotopic (exact) mass is 185 g/mol. The predicted octanol–water partition coefficient (Wildman–Crippen LogP) is 0.607. The van der Waals surface area contributed by atoms with Gasteiger partial charge in [-0.15, -0.1) is 0 Å². The zero-order valence-corrected chi connectivity index (χ0v) is 8.22. The first-order valence-corrected chi connectivity index (χ1v) is 4.49. The third-order valence-electron chi connectivity index (χ3n) is 2.28. The number of β-lactam (4-membered cyclic amide) rings is 1. The van der Waals surface area contributed by atoms with E-state index in [0.717, 1.165) is 12.8 Å². The Morgan fingerprint density at radius 1 is 1.69 bits per heavy atom. The average Bonchev–Trinajstić information content (AvgIpc) is 2.01. The second-order valence-electron chi connectivity index (χ2n) is 3.65. The molecule has 1 N–H and O–H groups in total. The second-order valence-corrected chi connectivity index (χ2v) is 3.65. The quantitative estimate of drug-likeness (QED) is 0.517. The fourth-order valence-electron chi connectivity index (χ4n) is 1.69. The van der Waals surface area contributed by atoms with Crippen molar-refractivity contribution in [3.63, 3.8) is 0 Å². The fraction of sp³-hybridized carbons (Fsp3) is 0.778. The third kappa shape index (κ3) is 1.82. The molecule has 1 aliphatic heterocycles. The number of ether oxygens (including phenoxy) is 1. The van der Waals surface area contributed by atoms with Gasteiger partial charge >= 0.3 is 5.97 Å². The Balaban J connectivity index is 2.59. The molecule has 0 bridgehead atoms. The Kier molecular flexibility index (Phi) is 2.59. The van der Waals surface area contributed by atoms with Crippen LogP contribution in [0.1, 0.15) is 33.6 Å². The second kappa shape index (κ2) is 3.36. The van der Waals surface area contributed by atoms with Gasteiger partial charge in [0.25, 0.3) is 5.91 Å². The highest BCUT2D eigenvalue weighted by Crippen LogP contribution is 2.28. The molecule has 0 saturated carbocycles. The minimum atomic E-state index is -0.593. The predicted molar refractivity (Wildman–Crippen MR) is 47.0 cm³/mol. The molecule has 1 fully saturated rings. The molecule has 74 valence electrons. The van der Waals surface area contributed by atoms with E-state index in [1.165, 1.54) is 6.92 Å². The van der Waals surface area contributed by atoms with E-state index in [4.69, 9.17) is 4.74 Å². The van der Waals surface area contributed by atoms with Crippen molar-refractivity contribution in [2.24, 2.45) is 0 Å². The van der Waals surface area contributed by atoms with Gasteiger partial charge in [0.2, 0.25) is 6.10 Å². The van der Waals surface area contributed by atoms with Crippen molar-refractivity contribution in [2.45, 2.75) is 45.3 Å². The lowest BCUT2D eigenvalue weighted by Gasteiger charge is -2.45. The molecule has 0 aliphatic carbocycles. The molecule has 0 aromatic heterocycles. The number of hydrogen-bond donors (Lipinski definition) is 1. The lowest BCUT2D eigenvalue weighted by molar-refractivity contribution is -0.171. The normalized spacial score (nSPS) is 31.9. The van der Waals surface area contributed by atoms with Gasteiger partial charge in [-0.25, -0.2) is 0 Å². The molecule has 4 nitrogen and oxygen atoms in total. The Labute approximate surface area is 77.6 Å². The van der Waals surface area contributed by atoms with Crippen molar-refractivity contribution in [3.05, 3.63) is 0 Å².